The van der Waals surface area contributed by atoms with Crippen molar-refractivity contribution in [3.8, 4) is 0 Å². The molecule has 1 amide bonds. The SMILES string of the molecule is CCOC(=O)N1CCC(N2CCCC(N3CCc4ccccc4C3)C2)CC1. The van der Waals surface area contributed by atoms with Gasteiger partial charge in [0.2, 0.25) is 0 Å². The van der Waals surface area contributed by atoms with Crippen molar-refractivity contribution >= 4 is 6.09 Å². The van der Waals surface area contributed by atoms with Crippen LogP contribution in [0, 0.1) is 0 Å². The monoisotopic (exact) mass is 371 g/mol. The number of piperidine rings is 2. The van der Waals surface area contributed by atoms with Crippen molar-refractivity contribution in [2.24, 2.45) is 0 Å². The topological polar surface area (TPSA) is 36.0 Å². The number of fused-ring (bicyclic) bond motifs is 1. The van der Waals surface area contributed by atoms with E-state index in [0.29, 0.717) is 18.7 Å². The largest absolute Gasteiger partial charge is 0.450 e. The predicted molar refractivity (Wildman–Crippen MR) is 107 cm³/mol. The molecule has 5 heteroatoms. The van der Waals surface area contributed by atoms with Gasteiger partial charge in [0.25, 0.3) is 0 Å². The van der Waals surface area contributed by atoms with E-state index in [0.717, 1.165) is 32.5 Å². The Kier molecular flexibility index (Phi) is 5.98. The number of likely N-dealkylation sites (tertiary alicyclic amines) is 2. The normalized spacial score (nSPS) is 25.2. The van der Waals surface area contributed by atoms with Crippen LogP contribution in [0.1, 0.15) is 43.7 Å². The van der Waals surface area contributed by atoms with Gasteiger partial charge in [0, 0.05) is 44.8 Å². The summed E-state index contributed by atoms with van der Waals surface area (Å²) in [5, 5.41) is 0. The fourth-order valence-electron chi connectivity index (χ4n) is 5.07. The minimum atomic E-state index is -0.139. The quantitative estimate of drug-likeness (QED) is 0.818. The van der Waals surface area contributed by atoms with Crippen LogP contribution in [-0.2, 0) is 17.7 Å². The first kappa shape index (κ1) is 18.8. The molecular formula is C22H33N3O2. The molecule has 1 aromatic carbocycles. The number of carbonyl (C=O) groups is 1. The number of benzene rings is 1. The van der Waals surface area contributed by atoms with E-state index < -0.39 is 0 Å². The van der Waals surface area contributed by atoms with Crippen molar-refractivity contribution < 1.29 is 9.53 Å². The van der Waals surface area contributed by atoms with Crippen molar-refractivity contribution in [2.75, 3.05) is 39.3 Å². The van der Waals surface area contributed by atoms with Crippen LogP contribution in [0.5, 0.6) is 0 Å². The van der Waals surface area contributed by atoms with Gasteiger partial charge < -0.3 is 9.64 Å². The predicted octanol–water partition coefficient (Wildman–Crippen LogP) is 3.13. The molecule has 148 valence electrons. The zero-order valence-electron chi connectivity index (χ0n) is 16.6. The molecule has 3 aliphatic heterocycles. The highest BCUT2D eigenvalue weighted by Gasteiger charge is 2.33. The number of hydrogen-bond acceptors (Lipinski definition) is 4. The van der Waals surface area contributed by atoms with Crippen molar-refractivity contribution in [3.63, 3.8) is 0 Å². The zero-order valence-corrected chi connectivity index (χ0v) is 16.6. The van der Waals surface area contributed by atoms with Crippen molar-refractivity contribution in [3.05, 3.63) is 35.4 Å². The van der Waals surface area contributed by atoms with E-state index in [1.54, 1.807) is 0 Å². The Hall–Kier alpha value is -1.59. The summed E-state index contributed by atoms with van der Waals surface area (Å²) in [6, 6.07) is 10.2. The molecule has 1 aromatic rings. The molecular weight excluding hydrogens is 338 g/mol. The summed E-state index contributed by atoms with van der Waals surface area (Å²) >= 11 is 0. The van der Waals surface area contributed by atoms with Gasteiger partial charge in [0.05, 0.1) is 6.61 Å². The smallest absolute Gasteiger partial charge is 0.409 e. The van der Waals surface area contributed by atoms with Crippen LogP contribution in [0.4, 0.5) is 4.79 Å². The van der Waals surface area contributed by atoms with Crippen LogP contribution in [0.2, 0.25) is 0 Å². The summed E-state index contributed by atoms with van der Waals surface area (Å²) in [5.41, 5.74) is 3.05. The lowest BCUT2D eigenvalue weighted by Gasteiger charge is -2.45. The first-order chi connectivity index (χ1) is 13.2. The fraction of sp³-hybridized carbons (Fsp3) is 0.682. The minimum Gasteiger partial charge on any atom is -0.450 e. The Morgan fingerprint density at radius 2 is 1.78 bits per heavy atom. The Morgan fingerprint density at radius 3 is 2.56 bits per heavy atom. The highest BCUT2D eigenvalue weighted by atomic mass is 16.6. The lowest BCUT2D eigenvalue weighted by Crippen LogP contribution is -2.54. The Labute approximate surface area is 163 Å². The molecule has 2 saturated heterocycles. The second kappa shape index (κ2) is 8.61. The third-order valence-electron chi connectivity index (χ3n) is 6.61. The molecule has 27 heavy (non-hydrogen) atoms. The Morgan fingerprint density at radius 1 is 1.00 bits per heavy atom. The molecule has 0 spiro atoms. The highest BCUT2D eigenvalue weighted by Crippen LogP contribution is 2.27. The summed E-state index contributed by atoms with van der Waals surface area (Å²) in [6.07, 6.45) is 5.81. The van der Waals surface area contributed by atoms with Gasteiger partial charge in [0.1, 0.15) is 0 Å². The molecule has 0 aromatic heterocycles. The average molecular weight is 372 g/mol. The number of hydrogen-bond donors (Lipinski definition) is 0. The maximum Gasteiger partial charge on any atom is 0.409 e. The third-order valence-corrected chi connectivity index (χ3v) is 6.61. The van der Waals surface area contributed by atoms with Crippen LogP contribution >= 0.6 is 0 Å². The van der Waals surface area contributed by atoms with Gasteiger partial charge in [-0.3, -0.25) is 9.80 Å². The number of amides is 1. The summed E-state index contributed by atoms with van der Waals surface area (Å²) in [7, 11) is 0. The molecule has 0 saturated carbocycles. The first-order valence-electron chi connectivity index (χ1n) is 10.7. The Balaban J connectivity index is 1.31. The van der Waals surface area contributed by atoms with Gasteiger partial charge in [-0.1, -0.05) is 24.3 Å². The number of nitrogens with zero attached hydrogens (tertiary/aromatic N) is 3. The maximum atomic E-state index is 11.9. The summed E-state index contributed by atoms with van der Waals surface area (Å²) in [6.45, 7) is 8.70. The van der Waals surface area contributed by atoms with Crippen molar-refractivity contribution in [2.45, 2.75) is 57.7 Å². The van der Waals surface area contributed by atoms with E-state index in [9.17, 15) is 4.79 Å². The maximum absolute atomic E-state index is 11.9. The number of ether oxygens (including phenoxy) is 1. The van der Waals surface area contributed by atoms with E-state index in [1.807, 2.05) is 11.8 Å². The molecule has 0 radical (unpaired) electrons. The van der Waals surface area contributed by atoms with Gasteiger partial charge in [-0.15, -0.1) is 0 Å². The van der Waals surface area contributed by atoms with Gasteiger partial charge in [-0.25, -0.2) is 4.79 Å². The second-order valence-corrected chi connectivity index (χ2v) is 8.20. The first-order valence-corrected chi connectivity index (χ1v) is 10.7. The van der Waals surface area contributed by atoms with Crippen molar-refractivity contribution in [1.82, 2.24) is 14.7 Å². The lowest BCUT2D eigenvalue weighted by atomic mass is 9.94. The van der Waals surface area contributed by atoms with Gasteiger partial charge in [-0.2, -0.15) is 0 Å². The zero-order chi connectivity index (χ0) is 18.6. The molecule has 3 aliphatic rings. The molecule has 4 rings (SSSR count). The van der Waals surface area contributed by atoms with E-state index in [1.165, 1.54) is 50.0 Å². The van der Waals surface area contributed by atoms with E-state index in [4.69, 9.17) is 4.74 Å². The molecule has 3 heterocycles. The van der Waals surface area contributed by atoms with E-state index in [2.05, 4.69) is 34.1 Å². The molecule has 0 bridgehead atoms. The number of rotatable bonds is 3. The lowest BCUT2D eigenvalue weighted by molar-refractivity contribution is 0.0353. The highest BCUT2D eigenvalue weighted by molar-refractivity contribution is 5.67. The second-order valence-electron chi connectivity index (χ2n) is 8.20. The standard InChI is InChI=1S/C22H33N3O2/c1-2-27-22(26)23-14-10-20(11-15-23)24-12-5-8-21(17-24)25-13-9-18-6-3-4-7-19(18)16-25/h3-4,6-7,20-21H,2,5,8-17H2,1H3. The molecule has 1 unspecified atom stereocenters. The van der Waals surface area contributed by atoms with Crippen LogP contribution < -0.4 is 0 Å². The fourth-order valence-corrected chi connectivity index (χ4v) is 5.07. The van der Waals surface area contributed by atoms with Crippen molar-refractivity contribution in [1.29, 1.82) is 0 Å². The van der Waals surface area contributed by atoms with Crippen LogP contribution in [0.25, 0.3) is 0 Å². The molecule has 1 atom stereocenters. The third kappa shape index (κ3) is 4.30. The summed E-state index contributed by atoms with van der Waals surface area (Å²) < 4.78 is 5.15. The van der Waals surface area contributed by atoms with Gasteiger partial charge in [0.15, 0.2) is 0 Å². The average Bonchev–Trinajstić information content (AvgIpc) is 2.74. The molecule has 0 N–H and O–H groups in total. The summed E-state index contributed by atoms with van der Waals surface area (Å²) in [4.78, 5) is 19.2. The van der Waals surface area contributed by atoms with E-state index >= 15 is 0 Å². The van der Waals surface area contributed by atoms with E-state index in [-0.39, 0.29) is 6.09 Å². The van der Waals surface area contributed by atoms with Gasteiger partial charge in [-0.05, 0) is 56.7 Å². The minimum absolute atomic E-state index is 0.139. The van der Waals surface area contributed by atoms with Crippen LogP contribution in [0.15, 0.2) is 24.3 Å². The molecule has 0 aliphatic carbocycles. The molecule has 5 nitrogen and oxygen atoms in total. The van der Waals surface area contributed by atoms with Crippen LogP contribution in [-0.4, -0.2) is 72.2 Å². The van der Waals surface area contributed by atoms with Gasteiger partial charge >= 0.3 is 6.09 Å². The summed E-state index contributed by atoms with van der Waals surface area (Å²) in [5.74, 6) is 0. The van der Waals surface area contributed by atoms with Crippen LogP contribution in [0.3, 0.4) is 0 Å². The molecule has 2 fully saturated rings. The number of carbonyl (C=O) groups excluding carboxylic acids is 1. The Bertz CT molecular complexity index is 642.